The van der Waals surface area contributed by atoms with E-state index in [2.05, 4.69) is 19.3 Å². The highest BCUT2D eigenvalue weighted by molar-refractivity contribution is 5.69. The zero-order valence-electron chi connectivity index (χ0n) is 17.6. The molecule has 8 heteroatoms. The summed E-state index contributed by atoms with van der Waals surface area (Å²) in [7, 11) is 5.48. The number of ether oxygens (including phenoxy) is 4. The molecule has 1 N–H and O–H groups in total. The minimum Gasteiger partial charge on any atom is -0.460 e. The van der Waals surface area contributed by atoms with Gasteiger partial charge in [-0.3, -0.25) is 4.79 Å². The molecule has 0 rings (SSSR count). The second-order valence-corrected chi connectivity index (χ2v) is 6.82. The first-order valence-electron chi connectivity index (χ1n) is 9.85. The molecule has 0 saturated heterocycles. The van der Waals surface area contributed by atoms with Crippen LogP contribution in [0.15, 0.2) is 0 Å². The molecule has 0 heterocycles. The van der Waals surface area contributed by atoms with E-state index >= 15 is 0 Å². The SMILES string of the molecule is CC[N+](C)(CCOC)CCOC(=O)CCCNC(=O)OCCCCCOC. The summed E-state index contributed by atoms with van der Waals surface area (Å²) in [6.45, 7) is 7.33. The molecule has 1 atom stereocenters. The third kappa shape index (κ3) is 15.4. The minimum absolute atomic E-state index is 0.238. The molecule has 0 spiro atoms. The molecule has 0 saturated carbocycles. The molecule has 8 nitrogen and oxygen atoms in total. The first-order valence-corrected chi connectivity index (χ1v) is 9.85. The Hall–Kier alpha value is -1.38. The molecular weight excluding hydrogens is 352 g/mol. The average molecular weight is 392 g/mol. The lowest BCUT2D eigenvalue weighted by atomic mass is 10.2. The molecule has 160 valence electrons. The Labute approximate surface area is 164 Å². The normalized spacial score (nSPS) is 13.0. The molecule has 0 radical (unpaired) electrons. The lowest BCUT2D eigenvalue weighted by Crippen LogP contribution is -2.48. The van der Waals surface area contributed by atoms with E-state index in [4.69, 9.17) is 18.9 Å². The fourth-order valence-electron chi connectivity index (χ4n) is 2.36. The number of hydrogen-bond donors (Lipinski definition) is 1. The van der Waals surface area contributed by atoms with Gasteiger partial charge in [-0.05, 0) is 32.6 Å². The fraction of sp³-hybridized carbons (Fsp3) is 0.895. The quantitative estimate of drug-likeness (QED) is 0.232. The van der Waals surface area contributed by atoms with Crippen LogP contribution in [0.4, 0.5) is 4.79 Å². The van der Waals surface area contributed by atoms with Gasteiger partial charge < -0.3 is 28.7 Å². The molecule has 0 bridgehead atoms. The number of rotatable bonds is 17. The molecular formula is C19H39N2O6+. The summed E-state index contributed by atoms with van der Waals surface area (Å²) >= 11 is 0. The van der Waals surface area contributed by atoms with Crippen LogP contribution in [0.25, 0.3) is 0 Å². The van der Waals surface area contributed by atoms with Crippen LogP contribution in [0.5, 0.6) is 0 Å². The van der Waals surface area contributed by atoms with Crippen molar-refractivity contribution in [3.8, 4) is 0 Å². The monoisotopic (exact) mass is 391 g/mol. The van der Waals surface area contributed by atoms with E-state index in [1.165, 1.54) is 0 Å². The molecule has 27 heavy (non-hydrogen) atoms. The summed E-state index contributed by atoms with van der Waals surface area (Å²) in [5.41, 5.74) is 0. The number of quaternary nitrogens is 1. The Bertz CT molecular complexity index is 394. The summed E-state index contributed by atoms with van der Waals surface area (Å²) in [5, 5.41) is 2.64. The number of nitrogens with zero attached hydrogens (tertiary/aromatic N) is 1. The van der Waals surface area contributed by atoms with Crippen LogP contribution in [0.1, 0.15) is 39.0 Å². The minimum atomic E-state index is -0.440. The number of likely N-dealkylation sites (N-methyl/N-ethyl adjacent to an activating group) is 1. The third-order valence-electron chi connectivity index (χ3n) is 4.55. The van der Waals surface area contributed by atoms with E-state index in [-0.39, 0.29) is 12.4 Å². The lowest BCUT2D eigenvalue weighted by molar-refractivity contribution is -0.908. The number of methoxy groups -OCH3 is 2. The number of alkyl carbamates (subject to hydrolysis) is 1. The van der Waals surface area contributed by atoms with Gasteiger partial charge in [0.25, 0.3) is 0 Å². The molecule has 0 aliphatic rings. The van der Waals surface area contributed by atoms with E-state index < -0.39 is 6.09 Å². The number of amides is 1. The van der Waals surface area contributed by atoms with Gasteiger partial charge in [0.1, 0.15) is 19.7 Å². The van der Waals surface area contributed by atoms with Crippen LogP contribution in [0, 0.1) is 0 Å². The largest absolute Gasteiger partial charge is 0.460 e. The second kappa shape index (κ2) is 16.8. The van der Waals surface area contributed by atoms with Gasteiger partial charge in [0.2, 0.25) is 0 Å². The van der Waals surface area contributed by atoms with Crippen LogP contribution < -0.4 is 5.32 Å². The second-order valence-electron chi connectivity index (χ2n) is 6.82. The van der Waals surface area contributed by atoms with Crippen molar-refractivity contribution in [3.05, 3.63) is 0 Å². The number of nitrogens with one attached hydrogen (secondary N) is 1. The fourth-order valence-corrected chi connectivity index (χ4v) is 2.36. The number of unbranched alkanes of at least 4 members (excludes halogenated alkanes) is 2. The predicted octanol–water partition coefficient (Wildman–Crippen LogP) is 1.97. The van der Waals surface area contributed by atoms with E-state index in [0.29, 0.717) is 32.8 Å². The van der Waals surface area contributed by atoms with Gasteiger partial charge in [0.15, 0.2) is 0 Å². The maximum absolute atomic E-state index is 11.8. The standard InChI is InChI=1S/C19H38N2O6/c1-5-21(2,12-16-25-4)13-17-26-18(22)10-9-11-20-19(23)27-15-8-6-7-14-24-3/h5-17H2,1-4H3/p+1. The van der Waals surface area contributed by atoms with Gasteiger partial charge in [-0.15, -0.1) is 0 Å². The van der Waals surface area contributed by atoms with Crippen molar-refractivity contribution in [1.29, 1.82) is 0 Å². The molecule has 1 amide bonds. The maximum atomic E-state index is 11.8. The van der Waals surface area contributed by atoms with Crippen LogP contribution in [0.2, 0.25) is 0 Å². The average Bonchev–Trinajstić information content (AvgIpc) is 2.66. The van der Waals surface area contributed by atoms with E-state index in [1.807, 2.05) is 0 Å². The first kappa shape index (κ1) is 25.6. The zero-order valence-corrected chi connectivity index (χ0v) is 17.6. The number of carbonyl (C=O) groups excluding carboxylic acids is 2. The highest BCUT2D eigenvalue weighted by Crippen LogP contribution is 2.02. The van der Waals surface area contributed by atoms with Gasteiger partial charge in [0, 0.05) is 33.8 Å². The number of esters is 1. The topological polar surface area (TPSA) is 83.1 Å². The van der Waals surface area contributed by atoms with Crippen molar-refractivity contribution in [1.82, 2.24) is 5.32 Å². The molecule has 1 unspecified atom stereocenters. The lowest BCUT2D eigenvalue weighted by Gasteiger charge is -2.32. The van der Waals surface area contributed by atoms with Crippen LogP contribution >= 0.6 is 0 Å². The summed E-state index contributed by atoms with van der Waals surface area (Å²) in [4.78, 5) is 23.3. The summed E-state index contributed by atoms with van der Waals surface area (Å²) < 4.78 is 21.2. The van der Waals surface area contributed by atoms with Gasteiger partial charge in [-0.25, -0.2) is 4.79 Å². The van der Waals surface area contributed by atoms with Crippen molar-refractivity contribution >= 4 is 12.1 Å². The summed E-state index contributed by atoms with van der Waals surface area (Å²) in [6.07, 6.45) is 3.13. The maximum Gasteiger partial charge on any atom is 0.407 e. The van der Waals surface area contributed by atoms with Gasteiger partial charge in [0.05, 0.1) is 26.8 Å². The molecule has 0 aliphatic carbocycles. The molecule has 0 aromatic heterocycles. The van der Waals surface area contributed by atoms with E-state index in [9.17, 15) is 9.59 Å². The van der Waals surface area contributed by atoms with E-state index in [1.54, 1.807) is 14.2 Å². The smallest absolute Gasteiger partial charge is 0.407 e. The Morgan fingerprint density at radius 3 is 2.19 bits per heavy atom. The van der Waals surface area contributed by atoms with Crippen molar-refractivity contribution < 1.29 is 33.0 Å². The van der Waals surface area contributed by atoms with Crippen LogP contribution in [-0.2, 0) is 23.7 Å². The summed E-state index contributed by atoms with van der Waals surface area (Å²) in [5.74, 6) is -0.238. The first-order chi connectivity index (χ1) is 13.0. The highest BCUT2D eigenvalue weighted by atomic mass is 16.5. The van der Waals surface area contributed by atoms with Crippen molar-refractivity contribution in [3.63, 3.8) is 0 Å². The Balaban J connectivity index is 3.63. The Kier molecular flexibility index (Phi) is 15.9. The van der Waals surface area contributed by atoms with Crippen molar-refractivity contribution in [2.75, 3.05) is 73.9 Å². The van der Waals surface area contributed by atoms with Crippen LogP contribution in [0.3, 0.4) is 0 Å². The molecule has 0 aromatic rings. The van der Waals surface area contributed by atoms with Crippen molar-refractivity contribution in [2.24, 2.45) is 0 Å². The Morgan fingerprint density at radius 1 is 0.852 bits per heavy atom. The number of hydrogen-bond acceptors (Lipinski definition) is 6. The molecule has 0 aliphatic heterocycles. The van der Waals surface area contributed by atoms with E-state index in [0.717, 1.165) is 50.0 Å². The summed E-state index contributed by atoms with van der Waals surface area (Å²) in [6, 6.07) is 0. The molecule has 0 aromatic carbocycles. The van der Waals surface area contributed by atoms with Crippen LogP contribution in [-0.4, -0.2) is 90.4 Å². The van der Waals surface area contributed by atoms with Gasteiger partial charge in [-0.2, -0.15) is 0 Å². The van der Waals surface area contributed by atoms with Gasteiger partial charge >= 0.3 is 12.1 Å². The molecule has 0 fully saturated rings. The highest BCUT2D eigenvalue weighted by Gasteiger charge is 2.19. The number of carbonyl (C=O) groups is 2. The predicted molar refractivity (Wildman–Crippen MR) is 104 cm³/mol. The third-order valence-corrected chi connectivity index (χ3v) is 4.55. The Morgan fingerprint density at radius 2 is 1.52 bits per heavy atom. The van der Waals surface area contributed by atoms with Gasteiger partial charge in [-0.1, -0.05) is 0 Å². The van der Waals surface area contributed by atoms with Crippen molar-refractivity contribution in [2.45, 2.75) is 39.0 Å². The zero-order chi connectivity index (χ0) is 20.4.